The van der Waals surface area contributed by atoms with E-state index >= 15 is 0 Å². The zero-order valence-electron chi connectivity index (χ0n) is 15.6. The van der Waals surface area contributed by atoms with Gasteiger partial charge in [-0.1, -0.05) is 35.3 Å². The van der Waals surface area contributed by atoms with Gasteiger partial charge in [-0.15, -0.1) is 0 Å². The van der Waals surface area contributed by atoms with E-state index in [0.29, 0.717) is 28.9 Å². The minimum absolute atomic E-state index is 0.0398. The normalized spacial score (nSPS) is 10.9. The highest BCUT2D eigenvalue weighted by molar-refractivity contribution is 6.35. The molecular formula is C17H9Cl4N9O2. The fourth-order valence-corrected chi connectivity index (χ4v) is 3.54. The molecule has 0 unspecified atom stereocenters. The van der Waals surface area contributed by atoms with Gasteiger partial charge in [0.15, 0.2) is 21.6 Å². The highest BCUT2D eigenvalue weighted by Gasteiger charge is 2.12. The van der Waals surface area contributed by atoms with Crippen LogP contribution in [0.3, 0.4) is 0 Å². The summed E-state index contributed by atoms with van der Waals surface area (Å²) in [7, 11) is 0. The molecule has 0 aliphatic carbocycles. The predicted octanol–water partition coefficient (Wildman–Crippen LogP) is 4.75. The van der Waals surface area contributed by atoms with Crippen LogP contribution in [0.2, 0.25) is 20.9 Å². The Morgan fingerprint density at radius 2 is 1.62 bits per heavy atom. The molecule has 0 bridgehead atoms. The molecule has 32 heavy (non-hydrogen) atoms. The zero-order chi connectivity index (χ0) is 22.8. The number of imidazole rings is 2. The Labute approximate surface area is 198 Å². The molecule has 162 valence electrons. The van der Waals surface area contributed by atoms with E-state index < -0.39 is 4.92 Å². The standard InChI is InChI=1S/C12H7Cl2N5O2.C5H2Cl2N4/c13-10-9-11(17-12(14)16-10)18(6-15-9)5-7-1-3-8(4-2-7)19(20)21;6-3-2-4(9-1-8-2)11-5(7)10-3/h1-4,6H,5H2;1H,(H,8,9,10,11). The Bertz CT molecular complexity index is 1440. The Balaban J connectivity index is 0.000000186. The average molecular weight is 513 g/mol. The third kappa shape index (κ3) is 4.70. The fourth-order valence-electron chi connectivity index (χ4n) is 2.69. The summed E-state index contributed by atoms with van der Waals surface area (Å²) in [5.74, 6) is 0. The molecule has 0 saturated heterocycles. The average Bonchev–Trinajstić information content (AvgIpc) is 3.36. The van der Waals surface area contributed by atoms with E-state index in [1.54, 1.807) is 23.0 Å². The van der Waals surface area contributed by atoms with Crippen molar-refractivity contribution in [3.8, 4) is 0 Å². The maximum Gasteiger partial charge on any atom is 0.269 e. The number of fused-ring (bicyclic) bond motifs is 2. The van der Waals surface area contributed by atoms with Gasteiger partial charge in [-0.25, -0.2) is 19.9 Å². The fraction of sp³-hybridized carbons (Fsp3) is 0.0588. The van der Waals surface area contributed by atoms with E-state index in [-0.39, 0.29) is 26.6 Å². The monoisotopic (exact) mass is 511 g/mol. The van der Waals surface area contributed by atoms with Gasteiger partial charge in [0.2, 0.25) is 10.6 Å². The highest BCUT2D eigenvalue weighted by atomic mass is 35.5. The number of nitrogens with one attached hydrogen (secondary N) is 1. The lowest BCUT2D eigenvalue weighted by Gasteiger charge is -2.04. The van der Waals surface area contributed by atoms with Crippen molar-refractivity contribution >= 4 is 74.4 Å². The van der Waals surface area contributed by atoms with Gasteiger partial charge in [0.05, 0.1) is 24.1 Å². The van der Waals surface area contributed by atoms with Crippen molar-refractivity contribution in [1.29, 1.82) is 0 Å². The van der Waals surface area contributed by atoms with E-state index in [0.717, 1.165) is 5.56 Å². The number of nitro groups is 1. The molecule has 0 radical (unpaired) electrons. The molecule has 5 aromatic rings. The SMILES string of the molecule is Clc1nc(Cl)c2[nH]cnc2n1.O=[N+]([O-])c1ccc(Cn2cnc3c(Cl)nc(Cl)nc32)cc1. The molecule has 0 aliphatic heterocycles. The van der Waals surface area contributed by atoms with Crippen LogP contribution in [0.1, 0.15) is 5.56 Å². The number of non-ortho nitro benzene ring substituents is 1. The minimum Gasteiger partial charge on any atom is -0.341 e. The van der Waals surface area contributed by atoms with Gasteiger partial charge in [0.1, 0.15) is 11.0 Å². The van der Waals surface area contributed by atoms with Gasteiger partial charge >= 0.3 is 0 Å². The van der Waals surface area contributed by atoms with Gasteiger partial charge in [-0.2, -0.15) is 9.97 Å². The maximum absolute atomic E-state index is 10.6. The third-order valence-electron chi connectivity index (χ3n) is 4.11. The number of halogens is 4. The summed E-state index contributed by atoms with van der Waals surface area (Å²) >= 11 is 23.0. The number of hydrogen-bond acceptors (Lipinski definition) is 8. The third-order valence-corrected chi connectivity index (χ3v) is 4.98. The maximum atomic E-state index is 10.6. The lowest BCUT2D eigenvalue weighted by Crippen LogP contribution is -2.00. The molecule has 4 aromatic heterocycles. The number of benzene rings is 1. The number of hydrogen-bond donors (Lipinski definition) is 1. The first-order chi connectivity index (χ1) is 15.3. The number of aromatic nitrogens is 8. The minimum atomic E-state index is -0.441. The van der Waals surface area contributed by atoms with Crippen molar-refractivity contribution in [3.05, 3.63) is 73.5 Å². The second kappa shape index (κ2) is 9.17. The van der Waals surface area contributed by atoms with Crippen LogP contribution >= 0.6 is 46.4 Å². The molecule has 4 heterocycles. The van der Waals surface area contributed by atoms with Gasteiger partial charge in [-0.05, 0) is 28.8 Å². The summed E-state index contributed by atoms with van der Waals surface area (Å²) in [6.45, 7) is 0.443. The molecule has 5 rings (SSSR count). The quantitative estimate of drug-likeness (QED) is 0.158. The molecule has 1 N–H and O–H groups in total. The van der Waals surface area contributed by atoms with Crippen molar-refractivity contribution in [1.82, 2.24) is 39.5 Å². The van der Waals surface area contributed by atoms with Gasteiger partial charge in [-0.3, -0.25) is 10.1 Å². The Morgan fingerprint density at radius 1 is 0.938 bits per heavy atom. The number of H-pyrrole nitrogens is 1. The van der Waals surface area contributed by atoms with E-state index in [2.05, 4.69) is 34.9 Å². The molecule has 0 spiro atoms. The Kier molecular flexibility index (Phi) is 6.33. The van der Waals surface area contributed by atoms with Crippen molar-refractivity contribution < 1.29 is 4.92 Å². The van der Waals surface area contributed by atoms with E-state index in [1.165, 1.54) is 18.5 Å². The summed E-state index contributed by atoms with van der Waals surface area (Å²) in [5, 5.41) is 11.2. The molecule has 0 aliphatic rings. The van der Waals surface area contributed by atoms with E-state index in [9.17, 15) is 10.1 Å². The van der Waals surface area contributed by atoms with Crippen LogP contribution in [-0.4, -0.2) is 44.4 Å². The first-order valence-electron chi connectivity index (χ1n) is 8.61. The molecule has 15 heteroatoms. The lowest BCUT2D eigenvalue weighted by atomic mass is 10.2. The van der Waals surface area contributed by atoms with Gasteiger partial charge in [0, 0.05) is 12.1 Å². The molecule has 0 fully saturated rings. The Morgan fingerprint density at radius 3 is 2.34 bits per heavy atom. The van der Waals surface area contributed by atoms with Crippen LogP contribution in [0.25, 0.3) is 22.3 Å². The van der Waals surface area contributed by atoms with Crippen molar-refractivity contribution in [2.24, 2.45) is 0 Å². The van der Waals surface area contributed by atoms with Crippen LogP contribution in [0.5, 0.6) is 0 Å². The summed E-state index contributed by atoms with van der Waals surface area (Å²) in [6, 6.07) is 6.25. The number of aromatic amines is 1. The van der Waals surface area contributed by atoms with Gasteiger partial charge < -0.3 is 9.55 Å². The zero-order valence-corrected chi connectivity index (χ0v) is 18.6. The Hall–Kier alpha value is -3.12. The molecule has 11 nitrogen and oxygen atoms in total. The number of rotatable bonds is 3. The van der Waals surface area contributed by atoms with Crippen molar-refractivity contribution in [3.63, 3.8) is 0 Å². The molecular weight excluding hydrogens is 504 g/mol. The van der Waals surface area contributed by atoms with Crippen LogP contribution < -0.4 is 0 Å². The first-order valence-corrected chi connectivity index (χ1v) is 10.1. The predicted molar refractivity (Wildman–Crippen MR) is 119 cm³/mol. The van der Waals surface area contributed by atoms with Crippen LogP contribution in [0.4, 0.5) is 5.69 Å². The molecule has 0 atom stereocenters. The smallest absolute Gasteiger partial charge is 0.269 e. The molecule has 0 saturated carbocycles. The summed E-state index contributed by atoms with van der Waals surface area (Å²) in [5.41, 5.74) is 2.97. The van der Waals surface area contributed by atoms with Crippen LogP contribution in [-0.2, 0) is 6.54 Å². The summed E-state index contributed by atoms with van der Waals surface area (Å²) in [4.78, 5) is 36.4. The van der Waals surface area contributed by atoms with Crippen molar-refractivity contribution in [2.45, 2.75) is 6.54 Å². The first kappa shape index (κ1) is 22.1. The number of nitrogens with zero attached hydrogens (tertiary/aromatic N) is 8. The second-order valence-corrected chi connectivity index (χ2v) is 7.53. The van der Waals surface area contributed by atoms with E-state index in [1.807, 2.05) is 0 Å². The second-order valence-electron chi connectivity index (χ2n) is 6.14. The largest absolute Gasteiger partial charge is 0.341 e. The lowest BCUT2D eigenvalue weighted by molar-refractivity contribution is -0.384. The van der Waals surface area contributed by atoms with Crippen LogP contribution in [0, 0.1) is 10.1 Å². The molecule has 1 aromatic carbocycles. The number of nitro benzene ring substituents is 1. The summed E-state index contributed by atoms with van der Waals surface area (Å²) < 4.78 is 1.75. The van der Waals surface area contributed by atoms with Gasteiger partial charge in [0.25, 0.3) is 5.69 Å². The van der Waals surface area contributed by atoms with E-state index in [4.69, 9.17) is 46.4 Å². The summed E-state index contributed by atoms with van der Waals surface area (Å²) in [6.07, 6.45) is 3.06. The van der Waals surface area contributed by atoms with Crippen molar-refractivity contribution in [2.75, 3.05) is 0 Å². The highest BCUT2D eigenvalue weighted by Crippen LogP contribution is 2.22. The van der Waals surface area contributed by atoms with Crippen LogP contribution in [0.15, 0.2) is 36.9 Å². The topological polar surface area (TPSA) is 141 Å². The molecule has 0 amide bonds.